The summed E-state index contributed by atoms with van der Waals surface area (Å²) in [5.41, 5.74) is 1.13. The fourth-order valence-corrected chi connectivity index (χ4v) is 2.82. The van der Waals surface area contributed by atoms with E-state index in [-0.39, 0.29) is 35.2 Å². The molecule has 0 fully saturated rings. The van der Waals surface area contributed by atoms with Gasteiger partial charge in [-0.25, -0.2) is 9.59 Å². The summed E-state index contributed by atoms with van der Waals surface area (Å²) in [6.07, 6.45) is 6.62. The highest BCUT2D eigenvalue weighted by Crippen LogP contribution is 2.34. The van der Waals surface area contributed by atoms with E-state index in [1.54, 1.807) is 48.8 Å². The zero-order valence-electron chi connectivity index (χ0n) is 17.1. The van der Waals surface area contributed by atoms with Crippen LogP contribution in [0.2, 0.25) is 0 Å². The molecule has 0 atom stereocenters. The van der Waals surface area contributed by atoms with Gasteiger partial charge in [0.15, 0.2) is 11.5 Å². The van der Waals surface area contributed by atoms with Gasteiger partial charge in [-0.05, 0) is 50.2 Å². The molecule has 3 rings (SSSR count). The molecule has 158 valence electrons. The van der Waals surface area contributed by atoms with Crippen molar-refractivity contribution in [2.24, 2.45) is 0 Å². The van der Waals surface area contributed by atoms with E-state index in [2.05, 4.69) is 9.97 Å². The van der Waals surface area contributed by atoms with Crippen LogP contribution in [0.4, 0.5) is 5.69 Å². The van der Waals surface area contributed by atoms with Crippen LogP contribution in [-0.4, -0.2) is 40.8 Å². The third-order valence-corrected chi connectivity index (χ3v) is 4.35. The molecule has 31 heavy (non-hydrogen) atoms. The number of rotatable bonds is 8. The Morgan fingerprint density at radius 2 is 1.52 bits per heavy atom. The second-order valence-electron chi connectivity index (χ2n) is 6.81. The molecule has 0 saturated carbocycles. The molecular weight excluding hydrogens is 398 g/mol. The van der Waals surface area contributed by atoms with E-state index in [0.29, 0.717) is 5.69 Å². The molecule has 0 aliphatic heterocycles. The van der Waals surface area contributed by atoms with Crippen molar-refractivity contribution in [3.05, 3.63) is 78.4 Å². The summed E-state index contributed by atoms with van der Waals surface area (Å²) in [5, 5.41) is 0. The number of pyridine rings is 2. The van der Waals surface area contributed by atoms with Gasteiger partial charge in [0.25, 0.3) is 0 Å². The Morgan fingerprint density at radius 1 is 0.935 bits per heavy atom. The number of carbonyl (C=O) groups excluding carboxylic acids is 3. The van der Waals surface area contributed by atoms with Gasteiger partial charge in [0.05, 0.1) is 17.7 Å². The number of nitrogens with zero attached hydrogens (tertiary/aromatic N) is 3. The summed E-state index contributed by atoms with van der Waals surface area (Å²) in [7, 11) is 0. The molecule has 0 radical (unpaired) electrons. The lowest BCUT2D eigenvalue weighted by molar-refractivity contribution is -0.106. The predicted molar refractivity (Wildman–Crippen MR) is 113 cm³/mol. The summed E-state index contributed by atoms with van der Waals surface area (Å²) in [6, 6.07) is 11.1. The highest BCUT2D eigenvalue weighted by Gasteiger charge is 2.19. The minimum atomic E-state index is -0.657. The van der Waals surface area contributed by atoms with Crippen LogP contribution in [-0.2, 0) is 4.79 Å². The van der Waals surface area contributed by atoms with Gasteiger partial charge in [-0.3, -0.25) is 9.97 Å². The van der Waals surface area contributed by atoms with E-state index < -0.39 is 11.9 Å². The van der Waals surface area contributed by atoms with Gasteiger partial charge in [0, 0.05) is 42.6 Å². The highest BCUT2D eigenvalue weighted by molar-refractivity contribution is 5.93. The fourth-order valence-electron chi connectivity index (χ4n) is 2.82. The Balaban J connectivity index is 1.95. The topological polar surface area (TPSA) is 98.7 Å². The van der Waals surface area contributed by atoms with Crippen molar-refractivity contribution in [2.45, 2.75) is 19.9 Å². The summed E-state index contributed by atoms with van der Waals surface area (Å²) in [6.45, 7) is 4.02. The molecule has 2 aromatic heterocycles. The quantitative estimate of drug-likeness (QED) is 0.311. The predicted octanol–water partition coefficient (Wildman–Crippen LogP) is 3.33. The van der Waals surface area contributed by atoms with E-state index in [1.807, 2.05) is 18.7 Å². The molecule has 0 unspecified atom stereocenters. The smallest absolute Gasteiger partial charge is 0.345 e. The van der Waals surface area contributed by atoms with Crippen LogP contribution in [0.1, 0.15) is 34.6 Å². The van der Waals surface area contributed by atoms with Crippen LogP contribution >= 0.6 is 0 Å². The van der Waals surface area contributed by atoms with Crippen molar-refractivity contribution in [2.75, 3.05) is 11.4 Å². The van der Waals surface area contributed by atoms with Gasteiger partial charge in [0.2, 0.25) is 0 Å². The third kappa shape index (κ3) is 5.51. The van der Waals surface area contributed by atoms with E-state index >= 15 is 0 Å². The maximum Gasteiger partial charge on any atom is 0.345 e. The fraction of sp³-hybridized carbons (Fsp3) is 0.174. The van der Waals surface area contributed by atoms with Crippen LogP contribution in [0.15, 0.2) is 67.3 Å². The van der Waals surface area contributed by atoms with Crippen molar-refractivity contribution < 1.29 is 23.9 Å². The Hall–Kier alpha value is -4.07. The molecule has 8 heteroatoms. The average molecular weight is 419 g/mol. The SMILES string of the molecule is CC(C)N(CC=O)c1ccc(OC(=O)c2cccnc2)c(OC(=O)c2cccnc2)c1. The first-order chi connectivity index (χ1) is 15.0. The zero-order valence-corrected chi connectivity index (χ0v) is 17.1. The second-order valence-corrected chi connectivity index (χ2v) is 6.81. The monoisotopic (exact) mass is 419 g/mol. The lowest BCUT2D eigenvalue weighted by atomic mass is 10.2. The van der Waals surface area contributed by atoms with Crippen molar-refractivity contribution in [1.82, 2.24) is 9.97 Å². The molecule has 8 nitrogen and oxygen atoms in total. The first-order valence-electron chi connectivity index (χ1n) is 9.58. The van der Waals surface area contributed by atoms with Crippen molar-refractivity contribution in [3.63, 3.8) is 0 Å². The Morgan fingerprint density at radius 3 is 2.00 bits per heavy atom. The summed E-state index contributed by atoms with van der Waals surface area (Å²) in [4.78, 5) is 45.8. The summed E-state index contributed by atoms with van der Waals surface area (Å²) in [5.74, 6) is -1.20. The Kier molecular flexibility index (Phi) is 7.05. The van der Waals surface area contributed by atoms with E-state index in [9.17, 15) is 14.4 Å². The second kappa shape index (κ2) is 10.1. The van der Waals surface area contributed by atoms with Gasteiger partial charge in [0.1, 0.15) is 6.29 Å². The largest absolute Gasteiger partial charge is 0.419 e. The maximum atomic E-state index is 12.6. The number of anilines is 1. The number of ether oxygens (including phenoxy) is 2. The molecule has 3 aromatic rings. The van der Waals surface area contributed by atoms with E-state index in [0.717, 1.165) is 6.29 Å². The molecule has 0 aliphatic carbocycles. The molecule has 1 aromatic carbocycles. The number of aldehydes is 1. The standard InChI is InChI=1S/C23H21N3O5/c1-16(2)26(11-12-27)19-7-8-20(30-22(28)17-5-3-9-24-14-17)21(13-19)31-23(29)18-6-4-10-25-15-18/h3-10,12-16H,11H2,1-2H3. The maximum absolute atomic E-state index is 12.6. The number of carbonyl (C=O) groups is 3. The molecule has 0 bridgehead atoms. The zero-order chi connectivity index (χ0) is 22.2. The van der Waals surface area contributed by atoms with Crippen molar-refractivity contribution in [3.8, 4) is 11.5 Å². The van der Waals surface area contributed by atoms with Gasteiger partial charge >= 0.3 is 11.9 Å². The molecule has 0 amide bonds. The normalized spacial score (nSPS) is 10.4. The minimum absolute atomic E-state index is 0.0101. The molecule has 2 heterocycles. The van der Waals surface area contributed by atoms with Gasteiger partial charge in [-0.1, -0.05) is 0 Å². The van der Waals surface area contributed by atoms with Crippen LogP contribution in [0, 0.1) is 0 Å². The molecule has 0 spiro atoms. The van der Waals surface area contributed by atoms with E-state index in [4.69, 9.17) is 9.47 Å². The summed E-state index contributed by atoms with van der Waals surface area (Å²) >= 11 is 0. The number of aromatic nitrogens is 2. The first kappa shape index (κ1) is 21.6. The number of benzene rings is 1. The Labute approximate surface area is 179 Å². The minimum Gasteiger partial charge on any atom is -0.419 e. The van der Waals surface area contributed by atoms with Crippen LogP contribution in [0.5, 0.6) is 11.5 Å². The van der Waals surface area contributed by atoms with E-state index in [1.165, 1.54) is 18.5 Å². The molecular formula is C23H21N3O5. The number of hydrogen-bond donors (Lipinski definition) is 0. The van der Waals surface area contributed by atoms with Gasteiger partial charge in [-0.15, -0.1) is 0 Å². The Bertz CT molecular complexity index is 1060. The summed E-state index contributed by atoms with van der Waals surface area (Å²) < 4.78 is 11.0. The van der Waals surface area contributed by atoms with Gasteiger partial charge in [-0.2, -0.15) is 0 Å². The molecule has 0 saturated heterocycles. The van der Waals surface area contributed by atoms with Crippen molar-refractivity contribution >= 4 is 23.9 Å². The first-order valence-corrected chi connectivity index (χ1v) is 9.58. The van der Waals surface area contributed by atoms with Crippen molar-refractivity contribution in [1.29, 1.82) is 0 Å². The lowest BCUT2D eigenvalue weighted by Gasteiger charge is -2.27. The molecule has 0 N–H and O–H groups in total. The average Bonchev–Trinajstić information content (AvgIpc) is 2.79. The van der Waals surface area contributed by atoms with Crippen LogP contribution in [0.25, 0.3) is 0 Å². The number of hydrogen-bond acceptors (Lipinski definition) is 8. The number of esters is 2. The third-order valence-electron chi connectivity index (χ3n) is 4.35. The highest BCUT2D eigenvalue weighted by atomic mass is 16.6. The van der Waals surface area contributed by atoms with Gasteiger partial charge < -0.3 is 19.2 Å². The lowest BCUT2D eigenvalue weighted by Crippen LogP contribution is -2.32. The van der Waals surface area contributed by atoms with Crippen LogP contribution in [0.3, 0.4) is 0 Å². The van der Waals surface area contributed by atoms with Crippen LogP contribution < -0.4 is 14.4 Å². The molecule has 0 aliphatic rings.